The fraction of sp³-hybridized carbons (Fsp3) is 0.533. The molecule has 0 bridgehead atoms. The average Bonchev–Trinajstić information content (AvgIpc) is 2.42. The van der Waals surface area contributed by atoms with Gasteiger partial charge in [-0.1, -0.05) is 6.07 Å². The SMILES string of the molecule is COC(=O)c1cc(OC2CCC(N)CC2)ccc1C.Cl. The highest BCUT2D eigenvalue weighted by atomic mass is 35.5. The first-order valence-electron chi connectivity index (χ1n) is 6.71. The predicted octanol–water partition coefficient (Wildman–Crippen LogP) is 2.85. The van der Waals surface area contributed by atoms with Crippen LogP contribution in [0.4, 0.5) is 0 Å². The molecule has 2 N–H and O–H groups in total. The first kappa shape index (κ1) is 16.8. The Balaban J connectivity index is 0.00000200. The molecule has 4 nitrogen and oxygen atoms in total. The Morgan fingerprint density at radius 3 is 2.50 bits per heavy atom. The first-order valence-corrected chi connectivity index (χ1v) is 6.71. The largest absolute Gasteiger partial charge is 0.490 e. The quantitative estimate of drug-likeness (QED) is 0.872. The molecule has 0 radical (unpaired) electrons. The molecule has 0 atom stereocenters. The topological polar surface area (TPSA) is 61.5 Å². The number of aryl methyl sites for hydroxylation is 1. The van der Waals surface area contributed by atoms with Gasteiger partial charge in [-0.05, 0) is 50.3 Å². The maximum atomic E-state index is 11.6. The van der Waals surface area contributed by atoms with E-state index in [0.717, 1.165) is 37.0 Å². The van der Waals surface area contributed by atoms with Gasteiger partial charge in [0, 0.05) is 6.04 Å². The zero-order valence-electron chi connectivity index (χ0n) is 11.9. The lowest BCUT2D eigenvalue weighted by atomic mass is 9.93. The van der Waals surface area contributed by atoms with Crippen LogP contribution in [0.2, 0.25) is 0 Å². The van der Waals surface area contributed by atoms with E-state index >= 15 is 0 Å². The lowest BCUT2D eigenvalue weighted by molar-refractivity contribution is 0.0598. The molecular weight excluding hydrogens is 278 g/mol. The van der Waals surface area contributed by atoms with E-state index in [-0.39, 0.29) is 24.5 Å². The second-order valence-electron chi connectivity index (χ2n) is 5.12. The van der Waals surface area contributed by atoms with E-state index in [2.05, 4.69) is 0 Å². The van der Waals surface area contributed by atoms with Crippen LogP contribution in [-0.4, -0.2) is 25.2 Å². The van der Waals surface area contributed by atoms with E-state index in [9.17, 15) is 4.79 Å². The number of halogens is 1. The second-order valence-corrected chi connectivity index (χ2v) is 5.12. The Bertz CT molecular complexity index is 456. The number of hydrogen-bond acceptors (Lipinski definition) is 4. The molecule has 1 saturated carbocycles. The molecule has 0 amide bonds. The molecule has 0 unspecified atom stereocenters. The second kappa shape index (κ2) is 7.50. The van der Waals surface area contributed by atoms with Crippen LogP contribution < -0.4 is 10.5 Å². The summed E-state index contributed by atoms with van der Waals surface area (Å²) in [6.45, 7) is 1.88. The molecule has 0 saturated heterocycles. The Hall–Kier alpha value is -1.26. The molecule has 1 aromatic carbocycles. The van der Waals surface area contributed by atoms with Gasteiger partial charge in [-0.15, -0.1) is 12.4 Å². The minimum absolute atomic E-state index is 0. The molecular formula is C15H22ClNO3. The number of methoxy groups -OCH3 is 1. The third-order valence-corrected chi connectivity index (χ3v) is 3.64. The molecule has 1 aromatic rings. The molecule has 5 heteroatoms. The van der Waals surface area contributed by atoms with Crippen LogP contribution in [0.15, 0.2) is 18.2 Å². The van der Waals surface area contributed by atoms with Crippen molar-refractivity contribution >= 4 is 18.4 Å². The maximum Gasteiger partial charge on any atom is 0.338 e. The number of benzene rings is 1. The van der Waals surface area contributed by atoms with Crippen LogP contribution in [0.3, 0.4) is 0 Å². The fourth-order valence-corrected chi connectivity index (χ4v) is 2.40. The molecule has 1 fully saturated rings. The molecule has 2 rings (SSSR count). The van der Waals surface area contributed by atoms with Gasteiger partial charge in [0.25, 0.3) is 0 Å². The number of ether oxygens (including phenoxy) is 2. The minimum atomic E-state index is -0.325. The minimum Gasteiger partial charge on any atom is -0.490 e. The van der Waals surface area contributed by atoms with E-state index in [1.54, 1.807) is 6.07 Å². The summed E-state index contributed by atoms with van der Waals surface area (Å²) in [5, 5.41) is 0. The normalized spacial score (nSPS) is 21.8. The van der Waals surface area contributed by atoms with Gasteiger partial charge in [-0.2, -0.15) is 0 Å². The Labute approximate surface area is 126 Å². The van der Waals surface area contributed by atoms with E-state index in [0.29, 0.717) is 11.6 Å². The van der Waals surface area contributed by atoms with Crippen molar-refractivity contribution in [2.75, 3.05) is 7.11 Å². The summed E-state index contributed by atoms with van der Waals surface area (Å²) in [6.07, 6.45) is 4.15. The molecule has 0 aromatic heterocycles. The average molecular weight is 300 g/mol. The van der Waals surface area contributed by atoms with E-state index in [1.165, 1.54) is 7.11 Å². The van der Waals surface area contributed by atoms with Gasteiger partial charge >= 0.3 is 5.97 Å². The lowest BCUT2D eigenvalue weighted by Crippen LogP contribution is -2.31. The van der Waals surface area contributed by atoms with Crippen molar-refractivity contribution in [1.82, 2.24) is 0 Å². The van der Waals surface area contributed by atoms with Crippen LogP contribution >= 0.6 is 12.4 Å². The van der Waals surface area contributed by atoms with Crippen molar-refractivity contribution in [3.63, 3.8) is 0 Å². The third kappa shape index (κ3) is 4.12. The molecule has 1 aliphatic carbocycles. The van der Waals surface area contributed by atoms with Crippen molar-refractivity contribution in [2.24, 2.45) is 5.73 Å². The number of carbonyl (C=O) groups excluding carboxylic acids is 1. The Kier molecular flexibility index (Phi) is 6.30. The lowest BCUT2D eigenvalue weighted by Gasteiger charge is -2.27. The molecule has 0 aliphatic heterocycles. The standard InChI is InChI=1S/C15H21NO3.ClH/c1-10-3-6-13(9-14(10)15(17)18-2)19-12-7-4-11(16)5-8-12;/h3,6,9,11-12H,4-5,7-8,16H2,1-2H3;1H. The molecule has 1 aliphatic rings. The van der Waals surface area contributed by atoms with E-state index in [4.69, 9.17) is 15.2 Å². The van der Waals surface area contributed by atoms with Crippen molar-refractivity contribution in [3.05, 3.63) is 29.3 Å². The summed E-state index contributed by atoms with van der Waals surface area (Å²) in [6, 6.07) is 5.85. The number of nitrogens with two attached hydrogens (primary N) is 1. The summed E-state index contributed by atoms with van der Waals surface area (Å²) in [5.74, 6) is 0.403. The summed E-state index contributed by atoms with van der Waals surface area (Å²) in [4.78, 5) is 11.6. The van der Waals surface area contributed by atoms with E-state index < -0.39 is 0 Å². The zero-order valence-corrected chi connectivity index (χ0v) is 12.7. The van der Waals surface area contributed by atoms with Crippen molar-refractivity contribution in [3.8, 4) is 5.75 Å². The highest BCUT2D eigenvalue weighted by Gasteiger charge is 2.20. The first-order chi connectivity index (χ1) is 9.10. The summed E-state index contributed by atoms with van der Waals surface area (Å²) >= 11 is 0. The summed E-state index contributed by atoms with van der Waals surface area (Å²) in [7, 11) is 1.39. The number of carbonyl (C=O) groups is 1. The summed E-state index contributed by atoms with van der Waals surface area (Å²) in [5.41, 5.74) is 7.33. The van der Waals surface area contributed by atoms with Gasteiger partial charge in [0.15, 0.2) is 0 Å². The van der Waals surface area contributed by atoms with Crippen molar-refractivity contribution < 1.29 is 14.3 Å². The van der Waals surface area contributed by atoms with Gasteiger partial charge in [0.1, 0.15) is 5.75 Å². The van der Waals surface area contributed by atoms with Crippen LogP contribution in [0, 0.1) is 6.92 Å². The molecule has 0 heterocycles. The summed E-state index contributed by atoms with van der Waals surface area (Å²) < 4.78 is 10.7. The van der Waals surface area contributed by atoms with Crippen LogP contribution in [0.25, 0.3) is 0 Å². The fourth-order valence-electron chi connectivity index (χ4n) is 2.40. The van der Waals surface area contributed by atoms with Gasteiger partial charge < -0.3 is 15.2 Å². The van der Waals surface area contributed by atoms with Crippen LogP contribution in [0.5, 0.6) is 5.75 Å². The third-order valence-electron chi connectivity index (χ3n) is 3.64. The maximum absolute atomic E-state index is 11.6. The highest BCUT2D eigenvalue weighted by Crippen LogP contribution is 2.25. The number of rotatable bonds is 3. The van der Waals surface area contributed by atoms with Gasteiger partial charge in [0.2, 0.25) is 0 Å². The van der Waals surface area contributed by atoms with Crippen molar-refractivity contribution in [1.29, 1.82) is 0 Å². The van der Waals surface area contributed by atoms with Crippen LogP contribution in [0.1, 0.15) is 41.6 Å². The molecule has 20 heavy (non-hydrogen) atoms. The molecule has 0 spiro atoms. The van der Waals surface area contributed by atoms with Crippen LogP contribution in [-0.2, 0) is 4.74 Å². The van der Waals surface area contributed by atoms with Crippen molar-refractivity contribution in [2.45, 2.75) is 44.8 Å². The number of esters is 1. The monoisotopic (exact) mass is 299 g/mol. The molecule has 112 valence electrons. The van der Waals surface area contributed by atoms with Gasteiger partial charge in [-0.25, -0.2) is 4.79 Å². The zero-order chi connectivity index (χ0) is 13.8. The Morgan fingerprint density at radius 1 is 1.25 bits per heavy atom. The predicted molar refractivity (Wildman–Crippen MR) is 80.6 cm³/mol. The smallest absolute Gasteiger partial charge is 0.338 e. The highest BCUT2D eigenvalue weighted by molar-refractivity contribution is 5.91. The Morgan fingerprint density at radius 2 is 1.90 bits per heavy atom. The van der Waals surface area contributed by atoms with Gasteiger partial charge in [-0.3, -0.25) is 0 Å². The number of hydrogen-bond donors (Lipinski definition) is 1. The van der Waals surface area contributed by atoms with E-state index in [1.807, 2.05) is 19.1 Å². The van der Waals surface area contributed by atoms with Gasteiger partial charge in [0.05, 0.1) is 18.8 Å².